The molecule has 3 heterocycles. The van der Waals surface area contributed by atoms with E-state index in [1.807, 2.05) is 0 Å². The number of hydrogen-bond donors (Lipinski definition) is 2. The summed E-state index contributed by atoms with van der Waals surface area (Å²) in [6.45, 7) is 0.134. The Morgan fingerprint density at radius 1 is 1.17 bits per heavy atom. The molecule has 3 aromatic rings. The number of amides is 1. The van der Waals surface area contributed by atoms with Gasteiger partial charge in [0.2, 0.25) is 12.7 Å². The van der Waals surface area contributed by atoms with Crippen molar-refractivity contribution in [3.63, 3.8) is 0 Å². The van der Waals surface area contributed by atoms with Crippen molar-refractivity contribution in [3.8, 4) is 28.8 Å². The summed E-state index contributed by atoms with van der Waals surface area (Å²) in [5, 5.41) is 21.6. The van der Waals surface area contributed by atoms with E-state index in [4.69, 9.17) is 21.7 Å². The molecule has 0 unspecified atom stereocenters. The van der Waals surface area contributed by atoms with Crippen LogP contribution in [0.5, 0.6) is 23.1 Å². The number of benzene rings is 2. The SMILES string of the molecule is O=C1N=c2cc3c(cc2=C/C1=C/c1sc(=S)n(-c2cccc(O)c2)c1O)OCO3. The third-order valence-electron chi connectivity index (χ3n) is 4.49. The summed E-state index contributed by atoms with van der Waals surface area (Å²) in [6, 6.07) is 9.82. The van der Waals surface area contributed by atoms with Crippen molar-refractivity contribution >= 4 is 41.6 Å². The highest BCUT2D eigenvalue weighted by atomic mass is 32.1. The van der Waals surface area contributed by atoms with Gasteiger partial charge in [0.1, 0.15) is 5.75 Å². The number of thiazole rings is 1. The van der Waals surface area contributed by atoms with Crippen molar-refractivity contribution in [2.75, 3.05) is 6.79 Å². The molecular weight excluding hydrogens is 412 g/mol. The molecule has 0 radical (unpaired) electrons. The topological polar surface area (TPSA) is 93.3 Å². The van der Waals surface area contributed by atoms with Crippen molar-refractivity contribution in [1.29, 1.82) is 0 Å². The van der Waals surface area contributed by atoms with Crippen LogP contribution in [0.15, 0.2) is 47.0 Å². The minimum Gasteiger partial charge on any atom is -0.508 e. The largest absolute Gasteiger partial charge is 0.508 e. The fraction of sp³-hybridized carbons (Fsp3) is 0.0500. The van der Waals surface area contributed by atoms with Crippen molar-refractivity contribution < 1.29 is 24.5 Å². The second-order valence-corrected chi connectivity index (χ2v) is 8.01. The van der Waals surface area contributed by atoms with Crippen LogP contribution < -0.4 is 20.0 Å². The molecule has 0 aliphatic carbocycles. The molecule has 144 valence electrons. The molecule has 2 aliphatic heterocycles. The lowest BCUT2D eigenvalue weighted by molar-refractivity contribution is -0.114. The number of carbonyl (C=O) groups excluding carboxylic acids is 1. The number of aromatic nitrogens is 1. The van der Waals surface area contributed by atoms with Gasteiger partial charge in [-0.05, 0) is 42.6 Å². The van der Waals surface area contributed by atoms with E-state index in [0.717, 1.165) is 16.6 Å². The zero-order chi connectivity index (χ0) is 20.1. The summed E-state index contributed by atoms with van der Waals surface area (Å²) in [7, 11) is 0. The van der Waals surface area contributed by atoms with Gasteiger partial charge < -0.3 is 19.7 Å². The van der Waals surface area contributed by atoms with Gasteiger partial charge in [-0.3, -0.25) is 9.36 Å². The van der Waals surface area contributed by atoms with Crippen molar-refractivity contribution in [3.05, 3.63) is 61.4 Å². The minimum atomic E-state index is -0.431. The number of phenols is 1. The van der Waals surface area contributed by atoms with Gasteiger partial charge in [-0.2, -0.15) is 0 Å². The van der Waals surface area contributed by atoms with E-state index in [-0.39, 0.29) is 18.4 Å². The van der Waals surface area contributed by atoms with Crippen molar-refractivity contribution in [2.45, 2.75) is 0 Å². The number of carbonyl (C=O) groups is 1. The maximum atomic E-state index is 12.5. The second kappa shape index (κ2) is 6.57. The molecule has 0 saturated carbocycles. The first kappa shape index (κ1) is 17.7. The monoisotopic (exact) mass is 424 g/mol. The molecule has 5 rings (SSSR count). The highest BCUT2D eigenvalue weighted by Gasteiger charge is 2.19. The van der Waals surface area contributed by atoms with E-state index >= 15 is 0 Å². The normalized spacial score (nSPS) is 15.7. The highest BCUT2D eigenvalue weighted by Crippen LogP contribution is 2.33. The van der Waals surface area contributed by atoms with Crippen molar-refractivity contribution in [2.24, 2.45) is 4.99 Å². The molecule has 2 aromatic carbocycles. The number of nitrogens with zero attached hydrogens (tertiary/aromatic N) is 2. The Balaban J connectivity index is 1.62. The van der Waals surface area contributed by atoms with Crippen LogP contribution in [0.1, 0.15) is 4.88 Å². The van der Waals surface area contributed by atoms with Crippen LogP contribution in [0.2, 0.25) is 0 Å². The summed E-state index contributed by atoms with van der Waals surface area (Å²) in [5.41, 5.74) is 0.834. The molecular formula is C20H12N2O5S2. The van der Waals surface area contributed by atoms with Gasteiger partial charge in [0, 0.05) is 22.9 Å². The number of fused-ring (bicyclic) bond motifs is 2. The summed E-state index contributed by atoms with van der Waals surface area (Å²) >= 11 is 6.51. The quantitative estimate of drug-likeness (QED) is 0.485. The first-order chi connectivity index (χ1) is 14.0. The van der Waals surface area contributed by atoms with Gasteiger partial charge in [-0.15, -0.1) is 11.3 Å². The summed E-state index contributed by atoms with van der Waals surface area (Å²) in [5.74, 6) is 0.659. The van der Waals surface area contributed by atoms with Crippen LogP contribution in [0, 0.1) is 3.95 Å². The maximum absolute atomic E-state index is 12.5. The van der Waals surface area contributed by atoms with Crippen LogP contribution in [-0.4, -0.2) is 27.5 Å². The highest BCUT2D eigenvalue weighted by molar-refractivity contribution is 7.73. The van der Waals surface area contributed by atoms with Gasteiger partial charge >= 0.3 is 0 Å². The lowest BCUT2D eigenvalue weighted by Gasteiger charge is -2.06. The Morgan fingerprint density at radius 3 is 2.76 bits per heavy atom. The summed E-state index contributed by atoms with van der Waals surface area (Å²) < 4.78 is 12.5. The number of aromatic hydroxyl groups is 2. The lowest BCUT2D eigenvalue weighted by atomic mass is 10.1. The molecule has 9 heteroatoms. The fourth-order valence-corrected chi connectivity index (χ4v) is 4.44. The predicted molar refractivity (Wildman–Crippen MR) is 109 cm³/mol. The molecule has 0 bridgehead atoms. The lowest BCUT2D eigenvalue weighted by Crippen LogP contribution is -2.30. The van der Waals surface area contributed by atoms with E-state index in [1.54, 1.807) is 36.4 Å². The summed E-state index contributed by atoms with van der Waals surface area (Å²) in [4.78, 5) is 17.0. The number of hydrogen-bond acceptors (Lipinski definition) is 7. The Hall–Kier alpha value is -3.43. The molecule has 29 heavy (non-hydrogen) atoms. The molecule has 0 atom stereocenters. The molecule has 2 aliphatic rings. The molecule has 2 N–H and O–H groups in total. The summed E-state index contributed by atoms with van der Waals surface area (Å²) in [6.07, 6.45) is 3.24. The standard InChI is InChI=1S/C20H12N2O5S2/c23-13-3-1-2-12(7-13)22-19(25)17(29-20(22)28)6-11-4-10-5-15-16(27-9-26-15)8-14(10)21-18(11)24/h1-8,23,25H,9H2/b11-6-. The zero-order valence-corrected chi connectivity index (χ0v) is 16.3. The van der Waals surface area contributed by atoms with Crippen molar-refractivity contribution in [1.82, 2.24) is 4.57 Å². The first-order valence-corrected chi connectivity index (χ1v) is 9.72. The molecule has 0 saturated heterocycles. The first-order valence-electron chi connectivity index (χ1n) is 8.50. The predicted octanol–water partition coefficient (Wildman–Crippen LogP) is 2.43. The average molecular weight is 424 g/mol. The molecule has 1 amide bonds. The maximum Gasteiger partial charge on any atom is 0.277 e. The Morgan fingerprint density at radius 2 is 1.97 bits per heavy atom. The van der Waals surface area contributed by atoms with Gasteiger partial charge in [0.25, 0.3) is 5.91 Å². The number of rotatable bonds is 2. The minimum absolute atomic E-state index is 0.0554. The average Bonchev–Trinajstić information content (AvgIpc) is 3.24. The van der Waals surface area contributed by atoms with Gasteiger partial charge in [0.05, 0.1) is 15.9 Å². The van der Waals surface area contributed by atoms with E-state index in [2.05, 4.69) is 4.99 Å². The van der Waals surface area contributed by atoms with Crippen LogP contribution in [0.25, 0.3) is 17.8 Å². The van der Waals surface area contributed by atoms with E-state index in [0.29, 0.717) is 36.9 Å². The van der Waals surface area contributed by atoms with Gasteiger partial charge in [-0.25, -0.2) is 4.99 Å². The van der Waals surface area contributed by atoms with Crippen LogP contribution >= 0.6 is 23.6 Å². The second-order valence-electron chi connectivity index (χ2n) is 6.34. The van der Waals surface area contributed by atoms with Crippen LogP contribution in [0.3, 0.4) is 0 Å². The molecule has 0 fully saturated rings. The molecule has 1 aromatic heterocycles. The number of ether oxygens (including phenoxy) is 2. The third kappa shape index (κ3) is 3.00. The Bertz CT molecular complexity index is 1400. The Labute approximate surface area is 172 Å². The third-order valence-corrected chi connectivity index (χ3v) is 5.80. The van der Waals surface area contributed by atoms with E-state index in [1.165, 1.54) is 16.7 Å². The Kier molecular flexibility index (Phi) is 4.00. The van der Waals surface area contributed by atoms with Crippen LogP contribution in [0.4, 0.5) is 0 Å². The van der Waals surface area contributed by atoms with Gasteiger partial charge in [-0.1, -0.05) is 6.07 Å². The van der Waals surface area contributed by atoms with Crippen LogP contribution in [-0.2, 0) is 4.79 Å². The van der Waals surface area contributed by atoms with Gasteiger partial charge in [0.15, 0.2) is 15.5 Å². The molecule has 7 nitrogen and oxygen atoms in total. The van der Waals surface area contributed by atoms with E-state index in [9.17, 15) is 15.0 Å². The zero-order valence-electron chi connectivity index (χ0n) is 14.7. The number of phenolic OH excluding ortho intramolecular Hbond substituents is 1. The fourth-order valence-electron chi connectivity index (χ4n) is 3.14. The molecule has 0 spiro atoms. The smallest absolute Gasteiger partial charge is 0.277 e. The van der Waals surface area contributed by atoms with E-state index < -0.39 is 5.91 Å².